The van der Waals surface area contributed by atoms with E-state index in [-0.39, 0.29) is 18.4 Å². The third-order valence-electron chi connectivity index (χ3n) is 5.10. The van der Waals surface area contributed by atoms with Crippen molar-refractivity contribution in [3.63, 3.8) is 0 Å². The first kappa shape index (κ1) is 19.1. The van der Waals surface area contributed by atoms with Crippen molar-refractivity contribution >= 4 is 5.78 Å². The molecule has 1 heterocycles. The number of rotatable bonds is 11. The van der Waals surface area contributed by atoms with Gasteiger partial charge in [0.25, 0.3) is 0 Å². The van der Waals surface area contributed by atoms with Gasteiger partial charge in [0.2, 0.25) is 0 Å². The smallest absolute Gasteiger partial charge is 0.164 e. The van der Waals surface area contributed by atoms with Crippen LogP contribution in [0.2, 0.25) is 0 Å². The highest BCUT2D eigenvalue weighted by molar-refractivity contribution is 5.96. The minimum Gasteiger partial charge on any atom is -0.396 e. The van der Waals surface area contributed by atoms with Crippen LogP contribution < -0.4 is 5.32 Å². The number of Topliss-reactive ketones (excluding diaryl/α,β-unsaturated/α-hetero) is 1. The molecule has 0 radical (unpaired) electrons. The molecule has 1 aliphatic heterocycles. The van der Waals surface area contributed by atoms with Gasteiger partial charge in [-0.2, -0.15) is 0 Å². The van der Waals surface area contributed by atoms with Crippen molar-refractivity contribution in [2.24, 2.45) is 5.92 Å². The van der Waals surface area contributed by atoms with E-state index in [1.807, 2.05) is 12.1 Å². The van der Waals surface area contributed by atoms with Gasteiger partial charge in [-0.05, 0) is 30.7 Å². The second-order valence-electron chi connectivity index (χ2n) is 7.23. The van der Waals surface area contributed by atoms with Crippen LogP contribution in [-0.2, 0) is 6.42 Å². The molecule has 3 heteroatoms. The summed E-state index contributed by atoms with van der Waals surface area (Å²) in [5, 5.41) is 12.5. The summed E-state index contributed by atoms with van der Waals surface area (Å²) in [6.07, 6.45) is 10.4. The molecule has 0 unspecified atom stereocenters. The molecule has 1 fully saturated rings. The number of aliphatic hydroxyl groups is 1. The van der Waals surface area contributed by atoms with Gasteiger partial charge in [-0.1, -0.05) is 63.3 Å². The number of benzene rings is 1. The molecule has 24 heavy (non-hydrogen) atoms. The number of carbonyl (C=O) groups excluding carboxylic acids is 1. The minimum atomic E-state index is 0.206. The molecule has 3 nitrogen and oxygen atoms in total. The summed E-state index contributed by atoms with van der Waals surface area (Å²) in [6, 6.07) is 8.40. The number of hydrogen-bond donors (Lipinski definition) is 2. The molecule has 0 amide bonds. The fourth-order valence-electron chi connectivity index (χ4n) is 3.51. The highest BCUT2D eigenvalue weighted by Gasteiger charge is 2.25. The van der Waals surface area contributed by atoms with Crippen LogP contribution >= 0.6 is 0 Å². The van der Waals surface area contributed by atoms with Crippen LogP contribution in [0.3, 0.4) is 0 Å². The lowest BCUT2D eigenvalue weighted by Crippen LogP contribution is -2.24. The lowest BCUT2D eigenvalue weighted by molar-refractivity contribution is 0.0970. The van der Waals surface area contributed by atoms with Crippen LogP contribution in [0, 0.1) is 5.92 Å². The summed E-state index contributed by atoms with van der Waals surface area (Å²) < 4.78 is 0. The summed E-state index contributed by atoms with van der Waals surface area (Å²) >= 11 is 0. The predicted octanol–water partition coefficient (Wildman–Crippen LogP) is 4.13. The van der Waals surface area contributed by atoms with Crippen LogP contribution in [-0.4, -0.2) is 30.1 Å². The number of aryl methyl sites for hydroxylation is 1. The molecule has 2 atom stereocenters. The van der Waals surface area contributed by atoms with E-state index < -0.39 is 0 Å². The molecule has 0 aromatic heterocycles. The van der Waals surface area contributed by atoms with Gasteiger partial charge in [0, 0.05) is 31.2 Å². The topological polar surface area (TPSA) is 49.3 Å². The van der Waals surface area contributed by atoms with Crippen molar-refractivity contribution in [2.45, 2.75) is 70.8 Å². The third kappa shape index (κ3) is 6.37. The molecule has 0 bridgehead atoms. The van der Waals surface area contributed by atoms with Gasteiger partial charge < -0.3 is 10.4 Å². The molecule has 0 saturated carbocycles. The lowest BCUT2D eigenvalue weighted by atomic mass is 9.98. The molecular weight excluding hydrogens is 298 g/mol. The first-order chi connectivity index (χ1) is 11.7. The maximum atomic E-state index is 12.4. The van der Waals surface area contributed by atoms with Crippen molar-refractivity contribution in [2.75, 3.05) is 13.2 Å². The summed E-state index contributed by atoms with van der Waals surface area (Å²) in [5.74, 6) is 0.514. The summed E-state index contributed by atoms with van der Waals surface area (Å²) in [7, 11) is 0. The van der Waals surface area contributed by atoms with Gasteiger partial charge in [0.15, 0.2) is 5.78 Å². The van der Waals surface area contributed by atoms with E-state index >= 15 is 0 Å². The van der Waals surface area contributed by atoms with Crippen molar-refractivity contribution in [1.29, 1.82) is 0 Å². The highest BCUT2D eigenvalue weighted by Crippen LogP contribution is 2.18. The summed E-state index contributed by atoms with van der Waals surface area (Å²) in [5.41, 5.74) is 2.15. The second kappa shape index (κ2) is 10.6. The molecule has 2 N–H and O–H groups in total. The van der Waals surface area contributed by atoms with Gasteiger partial charge in [0.05, 0.1) is 0 Å². The lowest BCUT2D eigenvalue weighted by Gasteiger charge is -2.10. The first-order valence-electron chi connectivity index (χ1n) is 9.69. The zero-order valence-electron chi connectivity index (χ0n) is 15.1. The Hall–Kier alpha value is -1.19. The fourth-order valence-corrected chi connectivity index (χ4v) is 3.51. The standard InChI is InChI=1S/C21H33NO2/c1-2-3-4-5-6-7-8-17-9-11-19(12-10-17)21(24)14-20-13-18(16-23)15-22-20/h9-12,18,20,22-23H,2-8,13-16H2,1H3/t18-,20+/m0/s1. The van der Waals surface area contributed by atoms with Crippen LogP contribution in [0.25, 0.3) is 0 Å². The van der Waals surface area contributed by atoms with E-state index in [0.717, 1.165) is 24.9 Å². The van der Waals surface area contributed by atoms with Gasteiger partial charge >= 0.3 is 0 Å². The summed E-state index contributed by atoms with van der Waals surface area (Å²) in [6.45, 7) is 3.28. The Kier molecular flexibility index (Phi) is 8.48. The Labute approximate surface area is 146 Å². The van der Waals surface area contributed by atoms with E-state index in [1.54, 1.807) is 0 Å². The van der Waals surface area contributed by atoms with Gasteiger partial charge in [0.1, 0.15) is 0 Å². The zero-order chi connectivity index (χ0) is 17.2. The van der Waals surface area contributed by atoms with E-state index in [1.165, 1.54) is 44.1 Å². The average molecular weight is 332 g/mol. The molecule has 1 aromatic rings. The number of hydrogen-bond acceptors (Lipinski definition) is 3. The third-order valence-corrected chi connectivity index (χ3v) is 5.10. The van der Waals surface area contributed by atoms with Crippen molar-refractivity contribution in [3.8, 4) is 0 Å². The number of ketones is 1. The molecule has 0 aliphatic carbocycles. The number of nitrogens with one attached hydrogen (secondary N) is 1. The number of carbonyl (C=O) groups is 1. The van der Waals surface area contributed by atoms with Gasteiger partial charge in [-0.25, -0.2) is 0 Å². The van der Waals surface area contributed by atoms with Crippen molar-refractivity contribution in [1.82, 2.24) is 5.32 Å². The van der Waals surface area contributed by atoms with Crippen LogP contribution in [0.5, 0.6) is 0 Å². The minimum absolute atomic E-state index is 0.206. The monoisotopic (exact) mass is 331 g/mol. The average Bonchev–Trinajstić information content (AvgIpc) is 3.06. The molecule has 1 aromatic carbocycles. The Morgan fingerprint density at radius 3 is 2.50 bits per heavy atom. The Bertz CT molecular complexity index is 483. The Balaban J connectivity index is 1.70. The molecule has 134 valence electrons. The number of aliphatic hydroxyl groups excluding tert-OH is 1. The van der Waals surface area contributed by atoms with Crippen LogP contribution in [0.1, 0.15) is 74.2 Å². The van der Waals surface area contributed by atoms with Gasteiger partial charge in [-0.3, -0.25) is 4.79 Å². The molecular formula is C21H33NO2. The van der Waals surface area contributed by atoms with Gasteiger partial charge in [-0.15, -0.1) is 0 Å². The van der Waals surface area contributed by atoms with Crippen molar-refractivity contribution in [3.05, 3.63) is 35.4 Å². The maximum absolute atomic E-state index is 12.4. The zero-order valence-corrected chi connectivity index (χ0v) is 15.1. The molecule has 0 spiro atoms. The Morgan fingerprint density at radius 1 is 1.12 bits per heavy atom. The Morgan fingerprint density at radius 2 is 1.83 bits per heavy atom. The van der Waals surface area contributed by atoms with Crippen molar-refractivity contribution < 1.29 is 9.90 Å². The predicted molar refractivity (Wildman–Crippen MR) is 99.5 cm³/mol. The summed E-state index contributed by atoms with van der Waals surface area (Å²) in [4.78, 5) is 12.4. The molecule has 1 saturated heterocycles. The normalized spacial score (nSPS) is 20.4. The SMILES string of the molecule is CCCCCCCCc1ccc(C(=O)C[C@H]2C[C@H](CO)CN2)cc1. The van der Waals surface area contributed by atoms with Crippen LogP contribution in [0.15, 0.2) is 24.3 Å². The van der Waals surface area contributed by atoms with Crippen LogP contribution in [0.4, 0.5) is 0 Å². The number of unbranched alkanes of at least 4 members (excludes halogenated alkanes) is 5. The largest absolute Gasteiger partial charge is 0.396 e. The van der Waals surface area contributed by atoms with E-state index in [0.29, 0.717) is 12.3 Å². The maximum Gasteiger partial charge on any atom is 0.164 e. The highest BCUT2D eigenvalue weighted by atomic mass is 16.3. The van der Waals surface area contributed by atoms with E-state index in [9.17, 15) is 9.90 Å². The quantitative estimate of drug-likeness (QED) is 0.473. The fraction of sp³-hybridized carbons (Fsp3) is 0.667. The van der Waals surface area contributed by atoms with E-state index in [4.69, 9.17) is 0 Å². The molecule has 1 aliphatic rings. The second-order valence-corrected chi connectivity index (χ2v) is 7.23. The first-order valence-corrected chi connectivity index (χ1v) is 9.69. The van der Waals surface area contributed by atoms with E-state index in [2.05, 4.69) is 24.4 Å². The molecule has 2 rings (SSSR count).